The summed E-state index contributed by atoms with van der Waals surface area (Å²) in [5.74, 6) is -0.183. The molecule has 0 spiro atoms. The topological polar surface area (TPSA) is 49.4 Å². The molecule has 1 aliphatic rings. The van der Waals surface area contributed by atoms with Crippen molar-refractivity contribution in [3.8, 4) is 0 Å². The average molecular weight is 343 g/mol. The third kappa shape index (κ3) is 3.77. The minimum absolute atomic E-state index is 0.0357. The largest absolute Gasteiger partial charge is 0.352 e. The predicted molar refractivity (Wildman–Crippen MR) is 95.5 cm³/mol. The zero-order valence-corrected chi connectivity index (χ0v) is 14.1. The number of rotatable bonds is 4. The maximum atomic E-state index is 12.5. The van der Waals surface area contributed by atoms with Gasteiger partial charge in [0.25, 0.3) is 5.91 Å². The van der Waals surface area contributed by atoms with Gasteiger partial charge in [-0.05, 0) is 42.7 Å². The van der Waals surface area contributed by atoms with Gasteiger partial charge in [-0.15, -0.1) is 0 Å². The molecule has 1 aliphatic heterocycles. The van der Waals surface area contributed by atoms with E-state index in [1.54, 1.807) is 24.3 Å². The molecule has 24 heavy (non-hydrogen) atoms. The van der Waals surface area contributed by atoms with Crippen LogP contribution in [0.15, 0.2) is 48.5 Å². The van der Waals surface area contributed by atoms with Crippen molar-refractivity contribution < 1.29 is 9.59 Å². The van der Waals surface area contributed by atoms with Gasteiger partial charge >= 0.3 is 0 Å². The van der Waals surface area contributed by atoms with E-state index >= 15 is 0 Å². The van der Waals surface area contributed by atoms with E-state index in [0.29, 0.717) is 17.1 Å². The first-order valence-corrected chi connectivity index (χ1v) is 8.45. The van der Waals surface area contributed by atoms with Crippen molar-refractivity contribution in [2.24, 2.45) is 0 Å². The fourth-order valence-electron chi connectivity index (χ4n) is 2.94. The highest BCUT2D eigenvalue weighted by Crippen LogP contribution is 2.27. The van der Waals surface area contributed by atoms with E-state index in [0.717, 1.165) is 25.1 Å². The van der Waals surface area contributed by atoms with Crippen LogP contribution >= 0.6 is 11.6 Å². The second kappa shape index (κ2) is 7.49. The lowest BCUT2D eigenvalue weighted by atomic mass is 10.0. The van der Waals surface area contributed by atoms with Crippen LogP contribution in [0, 0.1) is 0 Å². The summed E-state index contributed by atoms with van der Waals surface area (Å²) in [6.07, 6.45) is 2.25. The van der Waals surface area contributed by atoms with Crippen LogP contribution < -0.4 is 10.2 Å². The monoisotopic (exact) mass is 342 g/mol. The molecule has 4 nitrogen and oxygen atoms in total. The van der Waals surface area contributed by atoms with E-state index < -0.39 is 0 Å². The van der Waals surface area contributed by atoms with Crippen molar-refractivity contribution in [1.29, 1.82) is 0 Å². The zero-order valence-electron chi connectivity index (χ0n) is 13.3. The molecule has 2 aromatic carbocycles. The number of hydrogen-bond acceptors (Lipinski definition) is 2. The summed E-state index contributed by atoms with van der Waals surface area (Å²) >= 11 is 5.88. The first-order chi connectivity index (χ1) is 11.6. The lowest BCUT2D eigenvalue weighted by Crippen LogP contribution is -2.37. The highest BCUT2D eigenvalue weighted by molar-refractivity contribution is 6.30. The van der Waals surface area contributed by atoms with Crippen molar-refractivity contribution in [3.63, 3.8) is 0 Å². The summed E-state index contributed by atoms with van der Waals surface area (Å²) in [7, 11) is 0. The molecule has 0 saturated heterocycles. The van der Waals surface area contributed by atoms with Gasteiger partial charge in [0, 0.05) is 35.8 Å². The fraction of sp³-hybridized carbons (Fsp3) is 0.263. The second-order valence-corrected chi connectivity index (χ2v) is 6.23. The molecular formula is C19H19ClN2O2. The van der Waals surface area contributed by atoms with Gasteiger partial charge in [-0.25, -0.2) is 0 Å². The van der Waals surface area contributed by atoms with Gasteiger partial charge in [0.2, 0.25) is 5.91 Å². The highest BCUT2D eigenvalue weighted by atomic mass is 35.5. The number of benzene rings is 2. The van der Waals surface area contributed by atoms with Gasteiger partial charge in [-0.1, -0.05) is 35.9 Å². The van der Waals surface area contributed by atoms with Gasteiger partial charge in [0.15, 0.2) is 0 Å². The molecule has 2 amide bonds. The SMILES string of the molecule is O=C(NCCC(=O)N1CCCc2ccccc21)c1cccc(Cl)c1. The molecule has 0 aliphatic carbocycles. The first-order valence-electron chi connectivity index (χ1n) is 8.07. The van der Waals surface area contributed by atoms with E-state index in [1.165, 1.54) is 5.56 Å². The molecule has 2 aromatic rings. The Labute approximate surface area is 146 Å². The Hall–Kier alpha value is -2.33. The van der Waals surface area contributed by atoms with Crippen LogP contribution in [0.1, 0.15) is 28.8 Å². The van der Waals surface area contributed by atoms with Crippen LogP contribution in [-0.2, 0) is 11.2 Å². The maximum absolute atomic E-state index is 12.5. The van der Waals surface area contributed by atoms with Gasteiger partial charge in [0.05, 0.1) is 0 Å². The van der Waals surface area contributed by atoms with Crippen LogP contribution in [0.2, 0.25) is 5.02 Å². The molecule has 0 atom stereocenters. The van der Waals surface area contributed by atoms with Crippen molar-refractivity contribution >= 4 is 29.1 Å². The molecule has 1 N–H and O–H groups in total. The Morgan fingerprint density at radius 1 is 1.12 bits per heavy atom. The van der Waals surface area contributed by atoms with E-state index in [-0.39, 0.29) is 18.2 Å². The van der Waals surface area contributed by atoms with Crippen LogP contribution in [-0.4, -0.2) is 24.9 Å². The van der Waals surface area contributed by atoms with Gasteiger partial charge < -0.3 is 10.2 Å². The molecule has 0 bridgehead atoms. The summed E-state index contributed by atoms with van der Waals surface area (Å²) in [6, 6.07) is 14.8. The number of fused-ring (bicyclic) bond motifs is 1. The number of carbonyl (C=O) groups is 2. The minimum atomic E-state index is -0.218. The Morgan fingerprint density at radius 3 is 2.79 bits per heavy atom. The van der Waals surface area contributed by atoms with Crippen molar-refractivity contribution in [2.75, 3.05) is 18.0 Å². The average Bonchev–Trinajstić information content (AvgIpc) is 2.61. The van der Waals surface area contributed by atoms with Gasteiger partial charge in [-0.2, -0.15) is 0 Å². The Kier molecular flexibility index (Phi) is 5.16. The Balaban J connectivity index is 1.56. The first kappa shape index (κ1) is 16.5. The number of nitrogens with zero attached hydrogens (tertiary/aromatic N) is 1. The Bertz CT molecular complexity index is 761. The van der Waals surface area contributed by atoms with Gasteiger partial charge in [0.1, 0.15) is 0 Å². The molecule has 0 aromatic heterocycles. The smallest absolute Gasteiger partial charge is 0.251 e. The number of nitrogens with one attached hydrogen (secondary N) is 1. The van der Waals surface area contributed by atoms with Crippen LogP contribution in [0.5, 0.6) is 0 Å². The van der Waals surface area contributed by atoms with E-state index in [9.17, 15) is 9.59 Å². The normalized spacial score (nSPS) is 13.3. The van der Waals surface area contributed by atoms with Crippen molar-refractivity contribution in [2.45, 2.75) is 19.3 Å². The molecule has 0 unspecified atom stereocenters. The van der Waals surface area contributed by atoms with Crippen LogP contribution in [0.25, 0.3) is 0 Å². The maximum Gasteiger partial charge on any atom is 0.251 e. The predicted octanol–water partition coefficient (Wildman–Crippen LogP) is 3.44. The molecule has 0 fully saturated rings. The molecular weight excluding hydrogens is 324 g/mol. The summed E-state index contributed by atoms with van der Waals surface area (Å²) in [4.78, 5) is 26.4. The van der Waals surface area contributed by atoms with E-state index in [1.807, 2.05) is 23.1 Å². The summed E-state index contributed by atoms with van der Waals surface area (Å²) in [5.41, 5.74) is 2.70. The number of amides is 2. The van der Waals surface area contributed by atoms with Gasteiger partial charge in [-0.3, -0.25) is 9.59 Å². The lowest BCUT2D eigenvalue weighted by molar-refractivity contribution is -0.118. The molecule has 124 valence electrons. The number of aryl methyl sites for hydroxylation is 1. The standard InChI is InChI=1S/C19H19ClN2O2/c20-16-8-3-6-15(13-16)19(24)21-11-10-18(23)22-12-4-7-14-5-1-2-9-17(14)22/h1-3,5-6,8-9,13H,4,7,10-12H2,(H,21,24). The van der Waals surface area contributed by atoms with Crippen molar-refractivity contribution in [1.82, 2.24) is 5.32 Å². The molecule has 0 radical (unpaired) electrons. The quantitative estimate of drug-likeness (QED) is 0.925. The van der Waals surface area contributed by atoms with Crippen molar-refractivity contribution in [3.05, 3.63) is 64.7 Å². The fourth-order valence-corrected chi connectivity index (χ4v) is 3.13. The lowest BCUT2D eigenvalue weighted by Gasteiger charge is -2.29. The number of anilines is 1. The summed E-state index contributed by atoms with van der Waals surface area (Å²) < 4.78 is 0. The Morgan fingerprint density at radius 2 is 1.96 bits per heavy atom. The summed E-state index contributed by atoms with van der Waals surface area (Å²) in [5, 5.41) is 3.29. The van der Waals surface area contributed by atoms with Crippen LogP contribution in [0.3, 0.4) is 0 Å². The van der Waals surface area contributed by atoms with Crippen LogP contribution in [0.4, 0.5) is 5.69 Å². The number of carbonyl (C=O) groups excluding carboxylic acids is 2. The number of halogens is 1. The summed E-state index contributed by atoms with van der Waals surface area (Å²) in [6.45, 7) is 1.04. The number of para-hydroxylation sites is 1. The third-order valence-electron chi connectivity index (χ3n) is 4.12. The number of hydrogen-bond donors (Lipinski definition) is 1. The van der Waals surface area contributed by atoms with E-state index in [2.05, 4.69) is 11.4 Å². The molecule has 3 rings (SSSR count). The molecule has 0 saturated carbocycles. The third-order valence-corrected chi connectivity index (χ3v) is 4.36. The molecule has 1 heterocycles. The second-order valence-electron chi connectivity index (χ2n) is 5.79. The highest BCUT2D eigenvalue weighted by Gasteiger charge is 2.21. The minimum Gasteiger partial charge on any atom is -0.352 e. The van der Waals surface area contributed by atoms with E-state index in [4.69, 9.17) is 11.6 Å². The zero-order chi connectivity index (χ0) is 16.9. The molecule has 5 heteroatoms.